The van der Waals surface area contributed by atoms with Gasteiger partial charge in [-0.2, -0.15) is 0 Å². The van der Waals surface area contributed by atoms with Gasteiger partial charge in [0.25, 0.3) is 0 Å². The maximum absolute atomic E-state index is 13.0. The Balaban J connectivity index is 0.00000200. The third kappa shape index (κ3) is 3.93. The quantitative estimate of drug-likeness (QED) is 0.847. The summed E-state index contributed by atoms with van der Waals surface area (Å²) in [6.45, 7) is 1.34. The van der Waals surface area contributed by atoms with Crippen LogP contribution < -0.4 is 10.6 Å². The second-order valence-corrected chi connectivity index (χ2v) is 5.27. The summed E-state index contributed by atoms with van der Waals surface area (Å²) in [5.41, 5.74) is 1.15. The van der Waals surface area contributed by atoms with E-state index in [1.54, 1.807) is 0 Å². The molecule has 1 aromatic rings. The highest BCUT2D eigenvalue weighted by Gasteiger charge is 2.38. The number of hydrogen-bond donors (Lipinski definition) is 2. The molecule has 20 heavy (non-hydrogen) atoms. The van der Waals surface area contributed by atoms with Crippen molar-refractivity contribution in [1.82, 2.24) is 10.6 Å². The van der Waals surface area contributed by atoms with Crippen molar-refractivity contribution in [2.75, 3.05) is 20.1 Å². The Morgan fingerprint density at radius 2 is 1.95 bits per heavy atom. The molecule has 0 spiro atoms. The van der Waals surface area contributed by atoms with Crippen molar-refractivity contribution >= 4 is 18.3 Å². The van der Waals surface area contributed by atoms with Crippen molar-refractivity contribution in [2.24, 2.45) is 0 Å². The standard InChI is InChI=1S/C15H21FN2O.ClH/c1-17-10-7-14(19)18-11-15(8-2-9-15)12-3-5-13(16)6-4-12;/h3-6,17H,2,7-11H2,1H3,(H,18,19);1H. The van der Waals surface area contributed by atoms with E-state index in [1.165, 1.54) is 18.6 Å². The number of rotatable bonds is 6. The van der Waals surface area contributed by atoms with E-state index in [1.807, 2.05) is 19.2 Å². The van der Waals surface area contributed by atoms with E-state index in [2.05, 4.69) is 10.6 Å². The monoisotopic (exact) mass is 300 g/mol. The highest BCUT2D eigenvalue weighted by atomic mass is 35.5. The number of amides is 1. The van der Waals surface area contributed by atoms with Crippen LogP contribution in [0.1, 0.15) is 31.2 Å². The fourth-order valence-electron chi connectivity index (χ4n) is 2.57. The van der Waals surface area contributed by atoms with Crippen molar-refractivity contribution in [3.63, 3.8) is 0 Å². The fourth-order valence-corrected chi connectivity index (χ4v) is 2.57. The molecule has 0 unspecified atom stereocenters. The molecule has 0 aliphatic heterocycles. The lowest BCUT2D eigenvalue weighted by atomic mass is 9.64. The highest BCUT2D eigenvalue weighted by Crippen LogP contribution is 2.43. The van der Waals surface area contributed by atoms with Gasteiger partial charge in [0.05, 0.1) is 0 Å². The van der Waals surface area contributed by atoms with Crippen LogP contribution >= 0.6 is 12.4 Å². The summed E-state index contributed by atoms with van der Waals surface area (Å²) < 4.78 is 13.0. The average Bonchev–Trinajstić information content (AvgIpc) is 2.37. The van der Waals surface area contributed by atoms with E-state index < -0.39 is 0 Å². The van der Waals surface area contributed by atoms with Gasteiger partial charge in [-0.3, -0.25) is 4.79 Å². The van der Waals surface area contributed by atoms with E-state index in [0.29, 0.717) is 19.5 Å². The van der Waals surface area contributed by atoms with Crippen LogP contribution in [0.25, 0.3) is 0 Å². The summed E-state index contributed by atoms with van der Waals surface area (Å²) >= 11 is 0. The van der Waals surface area contributed by atoms with Crippen LogP contribution in [0, 0.1) is 5.82 Å². The van der Waals surface area contributed by atoms with Crippen LogP contribution in [-0.4, -0.2) is 26.0 Å². The smallest absolute Gasteiger partial charge is 0.221 e. The molecule has 1 aliphatic carbocycles. The Morgan fingerprint density at radius 1 is 1.30 bits per heavy atom. The highest BCUT2D eigenvalue weighted by molar-refractivity contribution is 5.85. The first kappa shape index (κ1) is 16.9. The van der Waals surface area contributed by atoms with Crippen LogP contribution in [0.4, 0.5) is 4.39 Å². The zero-order chi connectivity index (χ0) is 13.7. The minimum atomic E-state index is -0.212. The second kappa shape index (κ2) is 7.60. The number of hydrogen-bond acceptors (Lipinski definition) is 2. The predicted octanol–water partition coefficient (Wildman–Crippen LogP) is 2.39. The molecule has 2 N–H and O–H groups in total. The van der Waals surface area contributed by atoms with Gasteiger partial charge in [0.1, 0.15) is 5.82 Å². The third-order valence-electron chi connectivity index (χ3n) is 3.99. The molecule has 1 fully saturated rings. The van der Waals surface area contributed by atoms with E-state index >= 15 is 0 Å². The van der Waals surface area contributed by atoms with Crippen molar-refractivity contribution in [3.05, 3.63) is 35.6 Å². The van der Waals surface area contributed by atoms with Gasteiger partial charge in [0, 0.05) is 24.9 Å². The number of carbonyl (C=O) groups excluding carboxylic acids is 1. The van der Waals surface area contributed by atoms with E-state index in [4.69, 9.17) is 0 Å². The molecule has 3 nitrogen and oxygen atoms in total. The van der Waals surface area contributed by atoms with Crippen LogP contribution in [0.15, 0.2) is 24.3 Å². The van der Waals surface area contributed by atoms with Gasteiger partial charge in [-0.15, -0.1) is 12.4 Å². The lowest BCUT2D eigenvalue weighted by Crippen LogP contribution is -2.45. The summed E-state index contributed by atoms with van der Waals surface area (Å²) in [5, 5.41) is 5.96. The zero-order valence-corrected chi connectivity index (χ0v) is 12.6. The molecule has 1 amide bonds. The molecular formula is C15H22ClFN2O. The normalized spacial score (nSPS) is 15.9. The number of halogens is 2. The van der Waals surface area contributed by atoms with E-state index in [0.717, 1.165) is 18.4 Å². The Labute approximate surface area is 125 Å². The van der Waals surface area contributed by atoms with Crippen LogP contribution in [0.3, 0.4) is 0 Å². The first-order valence-electron chi connectivity index (χ1n) is 6.84. The number of nitrogens with one attached hydrogen (secondary N) is 2. The average molecular weight is 301 g/mol. The fraction of sp³-hybridized carbons (Fsp3) is 0.533. The van der Waals surface area contributed by atoms with Gasteiger partial charge in [0.2, 0.25) is 5.91 Å². The minimum absolute atomic E-state index is 0. The topological polar surface area (TPSA) is 41.1 Å². The van der Waals surface area contributed by atoms with Crippen molar-refractivity contribution in [3.8, 4) is 0 Å². The van der Waals surface area contributed by atoms with E-state index in [-0.39, 0.29) is 29.5 Å². The van der Waals surface area contributed by atoms with Crippen molar-refractivity contribution in [1.29, 1.82) is 0 Å². The third-order valence-corrected chi connectivity index (χ3v) is 3.99. The first-order chi connectivity index (χ1) is 9.16. The second-order valence-electron chi connectivity index (χ2n) is 5.27. The van der Waals surface area contributed by atoms with Gasteiger partial charge in [0.15, 0.2) is 0 Å². The summed E-state index contributed by atoms with van der Waals surface area (Å²) in [6, 6.07) is 6.68. The maximum Gasteiger partial charge on any atom is 0.221 e. The zero-order valence-electron chi connectivity index (χ0n) is 11.7. The Bertz CT molecular complexity index is 432. The molecule has 1 aromatic carbocycles. The lowest BCUT2D eigenvalue weighted by Gasteiger charge is -2.42. The molecule has 0 saturated heterocycles. The molecule has 112 valence electrons. The Morgan fingerprint density at radius 3 is 2.45 bits per heavy atom. The van der Waals surface area contributed by atoms with Gasteiger partial charge >= 0.3 is 0 Å². The first-order valence-corrected chi connectivity index (χ1v) is 6.84. The van der Waals surface area contributed by atoms with Gasteiger partial charge in [-0.25, -0.2) is 4.39 Å². The summed E-state index contributed by atoms with van der Waals surface area (Å²) in [6.07, 6.45) is 3.79. The molecule has 0 radical (unpaired) electrons. The van der Waals surface area contributed by atoms with Gasteiger partial charge in [-0.1, -0.05) is 18.6 Å². The maximum atomic E-state index is 13.0. The lowest BCUT2D eigenvalue weighted by molar-refractivity contribution is -0.121. The van der Waals surface area contributed by atoms with E-state index in [9.17, 15) is 9.18 Å². The molecule has 0 atom stereocenters. The molecule has 2 rings (SSSR count). The SMILES string of the molecule is CNCCC(=O)NCC1(c2ccc(F)cc2)CCC1.Cl. The van der Waals surface area contributed by atoms with Gasteiger partial charge in [-0.05, 0) is 37.6 Å². The molecule has 0 bridgehead atoms. The van der Waals surface area contributed by atoms with Crippen LogP contribution in [-0.2, 0) is 10.2 Å². The molecule has 1 saturated carbocycles. The Hall–Kier alpha value is -1.13. The predicted molar refractivity (Wildman–Crippen MR) is 80.7 cm³/mol. The molecule has 5 heteroatoms. The van der Waals surface area contributed by atoms with Crippen molar-refractivity contribution in [2.45, 2.75) is 31.1 Å². The van der Waals surface area contributed by atoms with Crippen molar-refractivity contribution < 1.29 is 9.18 Å². The molecule has 0 heterocycles. The molecule has 1 aliphatic rings. The minimum Gasteiger partial charge on any atom is -0.355 e. The Kier molecular flexibility index (Phi) is 6.43. The van der Waals surface area contributed by atoms with Crippen LogP contribution in [0.2, 0.25) is 0 Å². The largest absolute Gasteiger partial charge is 0.355 e. The van der Waals surface area contributed by atoms with Crippen LogP contribution in [0.5, 0.6) is 0 Å². The molecule has 0 aromatic heterocycles. The number of benzene rings is 1. The molecular weight excluding hydrogens is 279 g/mol. The number of carbonyl (C=O) groups is 1. The summed E-state index contributed by atoms with van der Waals surface area (Å²) in [4.78, 5) is 11.7. The van der Waals surface area contributed by atoms with Gasteiger partial charge < -0.3 is 10.6 Å². The summed E-state index contributed by atoms with van der Waals surface area (Å²) in [7, 11) is 1.83. The summed E-state index contributed by atoms with van der Waals surface area (Å²) in [5.74, 6) is -0.140.